The van der Waals surface area contributed by atoms with Gasteiger partial charge in [0, 0.05) is 56.6 Å². The number of amides is 1. The summed E-state index contributed by atoms with van der Waals surface area (Å²) in [4.78, 5) is 28.3. The molecule has 0 radical (unpaired) electrons. The molecular weight excluding hydrogens is 440 g/mol. The standard InChI is InChI=1S/C26H28N8O/c1-14-6-22(15(2)33(3)4)28-11-20(14)23-7-16-8-24(29-12-21(16)25(27)31-23)32-26(35)19-9-18(19)17-10-30-34(5)13-17/h6-8,10-13,18-19H,2,9H2,1,3-5H3,(H2,27,31)(H,29,32,35)/t18-,19+/m0/s1. The van der Waals surface area contributed by atoms with Gasteiger partial charge in [0.1, 0.15) is 11.6 Å². The van der Waals surface area contributed by atoms with Crippen molar-refractivity contribution in [3.05, 3.63) is 66.4 Å². The van der Waals surface area contributed by atoms with Crippen molar-refractivity contribution in [2.75, 3.05) is 25.1 Å². The molecule has 4 aromatic heterocycles. The van der Waals surface area contributed by atoms with Crippen LogP contribution in [0.2, 0.25) is 0 Å². The SMILES string of the molecule is C=C(c1cc(C)c(-c2cc3cc(NC(=O)[C@@H]4C[C@H]4c4cnn(C)c4)ncc3c(N)n2)cn1)N(C)C. The maximum Gasteiger partial charge on any atom is 0.229 e. The van der Waals surface area contributed by atoms with Gasteiger partial charge in [-0.2, -0.15) is 5.10 Å². The third kappa shape index (κ3) is 4.32. The van der Waals surface area contributed by atoms with Crippen molar-refractivity contribution >= 4 is 34.0 Å². The van der Waals surface area contributed by atoms with Crippen molar-refractivity contribution in [1.82, 2.24) is 29.6 Å². The van der Waals surface area contributed by atoms with Gasteiger partial charge < -0.3 is 16.0 Å². The van der Waals surface area contributed by atoms with Crippen molar-refractivity contribution in [2.45, 2.75) is 19.3 Å². The number of nitrogens with one attached hydrogen (secondary N) is 1. The third-order valence-corrected chi connectivity index (χ3v) is 6.50. The van der Waals surface area contributed by atoms with Crippen LogP contribution in [0.25, 0.3) is 27.7 Å². The van der Waals surface area contributed by atoms with Crippen molar-refractivity contribution < 1.29 is 4.79 Å². The maximum atomic E-state index is 12.8. The van der Waals surface area contributed by atoms with Crippen molar-refractivity contribution in [2.24, 2.45) is 13.0 Å². The van der Waals surface area contributed by atoms with E-state index in [9.17, 15) is 4.79 Å². The fraction of sp³-hybridized carbons (Fsp3) is 0.269. The summed E-state index contributed by atoms with van der Waals surface area (Å²) in [5, 5.41) is 8.74. The highest BCUT2D eigenvalue weighted by molar-refractivity contribution is 5.98. The average Bonchev–Trinajstić information content (AvgIpc) is 3.51. The van der Waals surface area contributed by atoms with Gasteiger partial charge in [-0.25, -0.2) is 9.97 Å². The van der Waals surface area contributed by atoms with Crippen molar-refractivity contribution in [1.29, 1.82) is 0 Å². The zero-order valence-corrected chi connectivity index (χ0v) is 20.3. The number of nitrogens with zero attached hydrogens (tertiary/aromatic N) is 6. The number of aryl methyl sites for hydroxylation is 2. The Bertz CT molecular complexity index is 1470. The van der Waals surface area contributed by atoms with Gasteiger partial charge in [-0.05, 0) is 54.0 Å². The van der Waals surface area contributed by atoms with Crippen LogP contribution in [0.4, 0.5) is 11.6 Å². The molecule has 9 nitrogen and oxygen atoms in total. The van der Waals surface area contributed by atoms with Crippen LogP contribution in [0.5, 0.6) is 0 Å². The van der Waals surface area contributed by atoms with E-state index in [1.807, 2.05) is 63.6 Å². The number of nitrogens with two attached hydrogens (primary N) is 1. The third-order valence-electron chi connectivity index (χ3n) is 6.50. The largest absolute Gasteiger partial charge is 0.383 e. The van der Waals surface area contributed by atoms with Gasteiger partial charge >= 0.3 is 0 Å². The Morgan fingerprint density at radius 3 is 2.69 bits per heavy atom. The number of hydrogen-bond donors (Lipinski definition) is 2. The van der Waals surface area contributed by atoms with E-state index in [-0.39, 0.29) is 17.7 Å². The molecule has 0 saturated heterocycles. The average molecular weight is 469 g/mol. The number of hydrogen-bond acceptors (Lipinski definition) is 7. The fourth-order valence-electron chi connectivity index (χ4n) is 4.30. The maximum absolute atomic E-state index is 12.8. The normalized spacial score (nSPS) is 16.8. The molecule has 0 bridgehead atoms. The van der Waals surface area contributed by atoms with E-state index in [0.29, 0.717) is 17.3 Å². The van der Waals surface area contributed by atoms with Crippen LogP contribution in [0.1, 0.15) is 29.2 Å². The summed E-state index contributed by atoms with van der Waals surface area (Å²) < 4.78 is 1.76. The quantitative estimate of drug-likeness (QED) is 0.444. The number of carbonyl (C=O) groups is 1. The molecule has 0 unspecified atom stereocenters. The van der Waals surface area contributed by atoms with Crippen LogP contribution in [0.3, 0.4) is 0 Å². The van der Waals surface area contributed by atoms with Gasteiger partial charge in [-0.15, -0.1) is 0 Å². The lowest BCUT2D eigenvalue weighted by Crippen LogP contribution is -2.15. The molecule has 1 amide bonds. The minimum Gasteiger partial charge on any atom is -0.383 e. The Labute approximate surface area is 203 Å². The predicted octanol–water partition coefficient (Wildman–Crippen LogP) is 3.59. The molecule has 4 heterocycles. The number of anilines is 2. The highest BCUT2D eigenvalue weighted by Gasteiger charge is 2.44. The summed E-state index contributed by atoms with van der Waals surface area (Å²) >= 11 is 0. The number of fused-ring (bicyclic) bond motifs is 1. The minimum atomic E-state index is -0.0704. The Morgan fingerprint density at radius 2 is 2.00 bits per heavy atom. The molecule has 1 aliphatic rings. The Balaban J connectivity index is 1.40. The summed E-state index contributed by atoms with van der Waals surface area (Å²) in [5.41, 5.74) is 11.6. The second kappa shape index (κ2) is 8.50. The number of nitrogen functional groups attached to an aromatic ring is 1. The lowest BCUT2D eigenvalue weighted by molar-refractivity contribution is -0.117. The second-order valence-corrected chi connectivity index (χ2v) is 9.29. The highest BCUT2D eigenvalue weighted by Crippen LogP contribution is 2.47. The van der Waals surface area contributed by atoms with Crippen LogP contribution in [0.15, 0.2) is 49.6 Å². The highest BCUT2D eigenvalue weighted by atomic mass is 16.2. The van der Waals surface area contributed by atoms with Crippen molar-refractivity contribution in [3.8, 4) is 11.3 Å². The smallest absolute Gasteiger partial charge is 0.229 e. The first kappa shape index (κ1) is 22.5. The van der Waals surface area contributed by atoms with Gasteiger partial charge in [0.15, 0.2) is 0 Å². The number of carbonyl (C=O) groups excluding carboxylic acids is 1. The summed E-state index contributed by atoms with van der Waals surface area (Å²) in [5.74, 6) is 0.965. The molecule has 1 aliphatic carbocycles. The molecule has 178 valence electrons. The van der Waals surface area contributed by atoms with E-state index in [4.69, 9.17) is 5.73 Å². The zero-order chi connectivity index (χ0) is 24.9. The van der Waals surface area contributed by atoms with Gasteiger partial charge in [0.25, 0.3) is 0 Å². The first-order valence-corrected chi connectivity index (χ1v) is 11.4. The Kier molecular flexibility index (Phi) is 5.47. The molecule has 4 aromatic rings. The molecule has 0 aliphatic heterocycles. The molecule has 35 heavy (non-hydrogen) atoms. The second-order valence-electron chi connectivity index (χ2n) is 9.29. The Hall–Kier alpha value is -4.27. The van der Waals surface area contributed by atoms with Crippen LogP contribution in [0, 0.1) is 12.8 Å². The summed E-state index contributed by atoms with van der Waals surface area (Å²) in [7, 11) is 5.75. The lowest BCUT2D eigenvalue weighted by Gasteiger charge is -2.16. The lowest BCUT2D eigenvalue weighted by atomic mass is 10.0. The summed E-state index contributed by atoms with van der Waals surface area (Å²) in [6.45, 7) is 6.09. The minimum absolute atomic E-state index is 0.0373. The predicted molar refractivity (Wildman–Crippen MR) is 137 cm³/mol. The molecule has 1 fully saturated rings. The number of rotatable bonds is 6. The van der Waals surface area contributed by atoms with E-state index in [2.05, 4.69) is 31.9 Å². The van der Waals surface area contributed by atoms with Crippen LogP contribution in [-0.2, 0) is 11.8 Å². The van der Waals surface area contributed by atoms with Gasteiger partial charge in [-0.3, -0.25) is 14.5 Å². The summed E-state index contributed by atoms with van der Waals surface area (Å²) in [6.07, 6.45) is 8.04. The van der Waals surface area contributed by atoms with Crippen LogP contribution < -0.4 is 11.1 Å². The van der Waals surface area contributed by atoms with Gasteiger partial charge in [0.05, 0.1) is 23.3 Å². The number of aromatic nitrogens is 5. The van der Waals surface area contributed by atoms with E-state index >= 15 is 0 Å². The van der Waals surface area contributed by atoms with E-state index in [0.717, 1.165) is 45.3 Å². The summed E-state index contributed by atoms with van der Waals surface area (Å²) in [6, 6.07) is 5.77. The molecule has 0 spiro atoms. The molecule has 3 N–H and O–H groups in total. The van der Waals surface area contributed by atoms with Crippen LogP contribution in [-0.4, -0.2) is 49.6 Å². The molecule has 0 aromatic carbocycles. The first-order valence-electron chi connectivity index (χ1n) is 11.4. The van der Waals surface area contributed by atoms with Gasteiger partial charge in [0.2, 0.25) is 5.91 Å². The first-order chi connectivity index (χ1) is 16.7. The molecule has 2 atom stereocenters. The van der Waals surface area contributed by atoms with Crippen LogP contribution >= 0.6 is 0 Å². The molecular formula is C26H28N8O. The van der Waals surface area contributed by atoms with E-state index < -0.39 is 0 Å². The molecule has 9 heteroatoms. The number of pyridine rings is 3. The Morgan fingerprint density at radius 1 is 1.20 bits per heavy atom. The molecule has 5 rings (SSSR count). The fourth-order valence-corrected chi connectivity index (χ4v) is 4.30. The zero-order valence-electron chi connectivity index (χ0n) is 20.3. The molecule has 1 saturated carbocycles. The van der Waals surface area contributed by atoms with E-state index in [1.165, 1.54) is 0 Å². The topological polar surface area (TPSA) is 115 Å². The monoisotopic (exact) mass is 468 g/mol. The van der Waals surface area contributed by atoms with Gasteiger partial charge in [-0.1, -0.05) is 6.58 Å². The van der Waals surface area contributed by atoms with Crippen molar-refractivity contribution in [3.63, 3.8) is 0 Å². The van der Waals surface area contributed by atoms with E-state index in [1.54, 1.807) is 17.1 Å².